The number of piperidine rings is 1. The molecule has 0 aliphatic carbocycles. The Balaban J connectivity index is 2.34. The summed E-state index contributed by atoms with van der Waals surface area (Å²) < 4.78 is 5.46. The van der Waals surface area contributed by atoms with E-state index in [-0.39, 0.29) is 6.04 Å². The summed E-state index contributed by atoms with van der Waals surface area (Å²) in [7, 11) is 1.73. The van der Waals surface area contributed by atoms with Gasteiger partial charge in [0.15, 0.2) is 0 Å². The van der Waals surface area contributed by atoms with Crippen molar-refractivity contribution >= 4 is 0 Å². The quantitative estimate of drug-likeness (QED) is 0.871. The molecule has 1 saturated heterocycles. The van der Waals surface area contributed by atoms with Crippen LogP contribution < -0.4 is 10.5 Å². The highest BCUT2D eigenvalue weighted by molar-refractivity contribution is 5.37. The summed E-state index contributed by atoms with van der Waals surface area (Å²) >= 11 is 0. The number of benzene rings is 1. The summed E-state index contributed by atoms with van der Waals surface area (Å²) in [4.78, 5) is 2.45. The van der Waals surface area contributed by atoms with Gasteiger partial charge < -0.3 is 10.5 Å². The van der Waals surface area contributed by atoms with Crippen molar-refractivity contribution in [2.75, 3.05) is 20.2 Å². The van der Waals surface area contributed by atoms with Crippen molar-refractivity contribution in [1.82, 2.24) is 4.90 Å². The first kappa shape index (κ1) is 12.4. The van der Waals surface area contributed by atoms with Gasteiger partial charge in [0.1, 0.15) is 5.75 Å². The third kappa shape index (κ3) is 2.45. The van der Waals surface area contributed by atoms with Gasteiger partial charge in [-0.05, 0) is 32.0 Å². The van der Waals surface area contributed by atoms with Crippen molar-refractivity contribution in [3.05, 3.63) is 29.8 Å². The Morgan fingerprint density at radius 1 is 1.41 bits per heavy atom. The lowest BCUT2D eigenvalue weighted by molar-refractivity contribution is 0.133. The first-order chi connectivity index (χ1) is 8.27. The molecule has 1 aromatic carbocycles. The number of likely N-dealkylation sites (N-methyl/N-ethyl adjacent to an activating group) is 1. The van der Waals surface area contributed by atoms with Crippen LogP contribution in [0.25, 0.3) is 0 Å². The zero-order valence-corrected chi connectivity index (χ0v) is 10.7. The molecule has 1 aliphatic heterocycles. The predicted octanol–water partition coefficient (Wildman–Crippen LogP) is 2.18. The second-order valence-corrected chi connectivity index (χ2v) is 4.62. The van der Waals surface area contributed by atoms with E-state index in [0.29, 0.717) is 6.04 Å². The molecule has 2 atom stereocenters. The van der Waals surface area contributed by atoms with E-state index in [0.717, 1.165) is 25.3 Å². The normalized spacial score (nSPS) is 25.8. The Morgan fingerprint density at radius 2 is 2.18 bits per heavy atom. The fraction of sp³-hybridized carbons (Fsp3) is 0.571. The van der Waals surface area contributed by atoms with Crippen LogP contribution >= 0.6 is 0 Å². The number of nitrogens with zero attached hydrogens (tertiary/aromatic N) is 1. The molecule has 3 nitrogen and oxygen atoms in total. The molecule has 2 N–H and O–H groups in total. The number of methoxy groups -OCH3 is 1. The maximum atomic E-state index is 6.30. The van der Waals surface area contributed by atoms with Crippen LogP contribution in [-0.4, -0.2) is 31.1 Å². The third-order valence-corrected chi connectivity index (χ3v) is 3.65. The van der Waals surface area contributed by atoms with Crippen LogP contribution in [0.1, 0.15) is 31.4 Å². The number of rotatable bonds is 3. The van der Waals surface area contributed by atoms with Gasteiger partial charge in [0, 0.05) is 11.6 Å². The number of hydrogen-bond donors (Lipinski definition) is 1. The summed E-state index contributed by atoms with van der Waals surface area (Å²) in [5.41, 5.74) is 7.53. The monoisotopic (exact) mass is 234 g/mol. The minimum absolute atomic E-state index is 0.208. The molecule has 2 unspecified atom stereocenters. The van der Waals surface area contributed by atoms with E-state index in [4.69, 9.17) is 10.5 Å². The Hall–Kier alpha value is -1.06. The zero-order chi connectivity index (χ0) is 12.3. The Labute approximate surface area is 104 Å². The number of likely N-dealkylation sites (tertiary alicyclic amines) is 1. The van der Waals surface area contributed by atoms with E-state index in [2.05, 4.69) is 24.0 Å². The van der Waals surface area contributed by atoms with Crippen molar-refractivity contribution in [3.63, 3.8) is 0 Å². The number of ether oxygens (including phenoxy) is 1. The molecular weight excluding hydrogens is 212 g/mol. The molecule has 0 amide bonds. The van der Waals surface area contributed by atoms with E-state index in [9.17, 15) is 0 Å². The Kier molecular flexibility index (Phi) is 4.02. The van der Waals surface area contributed by atoms with Crippen molar-refractivity contribution in [3.8, 4) is 5.75 Å². The molecule has 0 spiro atoms. The van der Waals surface area contributed by atoms with E-state index in [1.807, 2.05) is 12.1 Å². The Bertz CT molecular complexity index is 367. The van der Waals surface area contributed by atoms with Crippen molar-refractivity contribution in [2.24, 2.45) is 5.73 Å². The van der Waals surface area contributed by atoms with Crippen LogP contribution in [-0.2, 0) is 0 Å². The number of para-hydroxylation sites is 1. The molecule has 94 valence electrons. The van der Waals surface area contributed by atoms with Gasteiger partial charge in [0.05, 0.1) is 13.2 Å². The second-order valence-electron chi connectivity index (χ2n) is 4.62. The molecular formula is C14H22N2O. The fourth-order valence-corrected chi connectivity index (χ4v) is 2.79. The lowest BCUT2D eigenvalue weighted by Gasteiger charge is -2.40. The average Bonchev–Trinajstić information content (AvgIpc) is 2.38. The predicted molar refractivity (Wildman–Crippen MR) is 70.2 cm³/mol. The molecule has 1 heterocycles. The van der Waals surface area contributed by atoms with Gasteiger partial charge in [-0.3, -0.25) is 4.90 Å². The van der Waals surface area contributed by atoms with Gasteiger partial charge in [-0.25, -0.2) is 0 Å². The van der Waals surface area contributed by atoms with Gasteiger partial charge in [0.25, 0.3) is 0 Å². The minimum Gasteiger partial charge on any atom is -0.496 e. The molecule has 2 rings (SSSR count). The average molecular weight is 234 g/mol. The molecule has 0 radical (unpaired) electrons. The Morgan fingerprint density at radius 3 is 2.88 bits per heavy atom. The minimum atomic E-state index is 0.208. The summed E-state index contributed by atoms with van der Waals surface area (Å²) in [6, 6.07) is 8.73. The summed E-state index contributed by atoms with van der Waals surface area (Å²) in [6.07, 6.45) is 2.29. The van der Waals surface area contributed by atoms with Crippen LogP contribution in [0.2, 0.25) is 0 Å². The second kappa shape index (κ2) is 5.52. The lowest BCUT2D eigenvalue weighted by Crippen LogP contribution is -2.45. The third-order valence-electron chi connectivity index (χ3n) is 3.65. The molecule has 1 aliphatic rings. The molecule has 0 aromatic heterocycles. The maximum absolute atomic E-state index is 6.30. The lowest BCUT2D eigenvalue weighted by atomic mass is 9.90. The molecule has 1 fully saturated rings. The first-order valence-electron chi connectivity index (χ1n) is 6.40. The number of hydrogen-bond acceptors (Lipinski definition) is 3. The van der Waals surface area contributed by atoms with Crippen LogP contribution in [0, 0.1) is 0 Å². The smallest absolute Gasteiger partial charge is 0.123 e. The molecule has 17 heavy (non-hydrogen) atoms. The SMILES string of the molecule is CCN1CCCC(N)C1c1ccccc1OC. The standard InChI is InChI=1S/C14H22N2O/c1-3-16-10-6-8-12(15)14(16)11-7-4-5-9-13(11)17-2/h4-5,7,9,12,14H,3,6,8,10,15H2,1-2H3. The fourth-order valence-electron chi connectivity index (χ4n) is 2.79. The van der Waals surface area contributed by atoms with Crippen molar-refractivity contribution in [1.29, 1.82) is 0 Å². The van der Waals surface area contributed by atoms with E-state index < -0.39 is 0 Å². The van der Waals surface area contributed by atoms with Crippen LogP contribution in [0.5, 0.6) is 5.75 Å². The molecule has 0 bridgehead atoms. The highest BCUT2D eigenvalue weighted by Gasteiger charge is 2.30. The molecule has 1 aromatic rings. The van der Waals surface area contributed by atoms with Gasteiger partial charge >= 0.3 is 0 Å². The zero-order valence-electron chi connectivity index (χ0n) is 10.7. The van der Waals surface area contributed by atoms with Gasteiger partial charge in [-0.15, -0.1) is 0 Å². The van der Waals surface area contributed by atoms with Gasteiger partial charge in [0.2, 0.25) is 0 Å². The maximum Gasteiger partial charge on any atom is 0.123 e. The summed E-state index contributed by atoms with van der Waals surface area (Å²) in [5, 5.41) is 0. The summed E-state index contributed by atoms with van der Waals surface area (Å²) in [5.74, 6) is 0.952. The van der Waals surface area contributed by atoms with Crippen molar-refractivity contribution in [2.45, 2.75) is 31.8 Å². The van der Waals surface area contributed by atoms with E-state index >= 15 is 0 Å². The molecule has 3 heteroatoms. The summed E-state index contributed by atoms with van der Waals surface area (Å²) in [6.45, 7) is 4.36. The molecule has 0 saturated carbocycles. The first-order valence-corrected chi connectivity index (χ1v) is 6.40. The van der Waals surface area contributed by atoms with Crippen LogP contribution in [0.15, 0.2) is 24.3 Å². The number of nitrogens with two attached hydrogens (primary N) is 1. The van der Waals surface area contributed by atoms with Gasteiger partial charge in [-0.2, -0.15) is 0 Å². The van der Waals surface area contributed by atoms with E-state index in [1.54, 1.807) is 7.11 Å². The topological polar surface area (TPSA) is 38.5 Å². The highest BCUT2D eigenvalue weighted by Crippen LogP contribution is 2.34. The van der Waals surface area contributed by atoms with Crippen LogP contribution in [0.3, 0.4) is 0 Å². The highest BCUT2D eigenvalue weighted by atomic mass is 16.5. The van der Waals surface area contributed by atoms with Gasteiger partial charge in [-0.1, -0.05) is 25.1 Å². The van der Waals surface area contributed by atoms with E-state index in [1.165, 1.54) is 12.0 Å². The van der Waals surface area contributed by atoms with Crippen molar-refractivity contribution < 1.29 is 4.74 Å². The largest absolute Gasteiger partial charge is 0.496 e. The van der Waals surface area contributed by atoms with Crippen LogP contribution in [0.4, 0.5) is 0 Å².